The number of alkyl halides is 3. The van der Waals surface area contributed by atoms with Gasteiger partial charge in [-0.2, -0.15) is 13.2 Å². The normalized spacial score (nSPS) is 15.1. The Morgan fingerprint density at radius 2 is 1.90 bits per heavy atom. The van der Waals surface area contributed by atoms with E-state index < -0.39 is 17.6 Å². The first-order valence-corrected chi connectivity index (χ1v) is 12.8. The summed E-state index contributed by atoms with van der Waals surface area (Å²) in [7, 11) is 3.90. The molecule has 5 rings (SSSR count). The molecule has 13 heteroatoms. The van der Waals surface area contributed by atoms with E-state index in [9.17, 15) is 22.4 Å². The van der Waals surface area contributed by atoms with Crippen LogP contribution in [0.25, 0.3) is 22.4 Å². The molecule has 1 fully saturated rings. The van der Waals surface area contributed by atoms with Crippen molar-refractivity contribution in [3.05, 3.63) is 58.4 Å². The van der Waals surface area contributed by atoms with Gasteiger partial charge in [-0.3, -0.25) is 9.55 Å². The number of aromatic amines is 1. The fourth-order valence-electron chi connectivity index (χ4n) is 5.15. The van der Waals surface area contributed by atoms with Gasteiger partial charge in [0.1, 0.15) is 23.5 Å². The smallest absolute Gasteiger partial charge is 0.355 e. The second-order valence-electron chi connectivity index (χ2n) is 10.0. The lowest BCUT2D eigenvalue weighted by Crippen LogP contribution is -2.35. The van der Waals surface area contributed by atoms with Crippen molar-refractivity contribution < 1.29 is 17.6 Å². The number of hydrogen-bond donors (Lipinski definition) is 1. The number of nitrogens with zero attached hydrogens (tertiary/aromatic N) is 7. The van der Waals surface area contributed by atoms with E-state index in [1.807, 2.05) is 30.5 Å². The molecule has 0 radical (unpaired) electrons. The Labute approximate surface area is 222 Å². The standard InChI is InChI=1S/C26H30F4N8O/c1-4-38-21-22(34-25(38)39)31-15-32-24(21)36-9-7-16(8-10-36)23-33-20(14-37(23)12-11-35(2)3)17-5-6-19(27)18(13-17)26(28,29)30/h5-6,13-16H,4,7-12H2,1-3H3,(H,31,32,34,39). The van der Waals surface area contributed by atoms with Crippen LogP contribution in [-0.4, -0.2) is 67.7 Å². The largest absolute Gasteiger partial charge is 0.419 e. The molecule has 0 unspecified atom stereocenters. The molecule has 9 nitrogen and oxygen atoms in total. The summed E-state index contributed by atoms with van der Waals surface area (Å²) in [6.45, 7) is 5.03. The minimum atomic E-state index is -4.79. The Bertz CT molecular complexity index is 1530. The van der Waals surface area contributed by atoms with Crippen molar-refractivity contribution in [3.63, 3.8) is 0 Å². The molecule has 0 atom stereocenters. The number of H-pyrrole nitrogens is 1. The van der Waals surface area contributed by atoms with Crippen molar-refractivity contribution in [2.24, 2.45) is 0 Å². The maximum atomic E-state index is 13.9. The molecule has 1 N–H and O–H groups in total. The molecule has 0 saturated carbocycles. The zero-order valence-corrected chi connectivity index (χ0v) is 22.0. The van der Waals surface area contributed by atoms with Gasteiger partial charge in [0, 0.05) is 50.4 Å². The van der Waals surface area contributed by atoms with Gasteiger partial charge in [0.25, 0.3) is 0 Å². The Hall–Kier alpha value is -3.74. The monoisotopic (exact) mass is 546 g/mol. The van der Waals surface area contributed by atoms with Crippen molar-refractivity contribution in [3.8, 4) is 11.3 Å². The van der Waals surface area contributed by atoms with E-state index in [0.29, 0.717) is 48.9 Å². The quantitative estimate of drug-likeness (QED) is 0.351. The lowest BCUT2D eigenvalue weighted by atomic mass is 9.95. The van der Waals surface area contributed by atoms with Crippen LogP contribution in [0.2, 0.25) is 0 Å². The number of benzene rings is 1. The number of anilines is 1. The van der Waals surface area contributed by atoms with Gasteiger partial charge in [0.2, 0.25) is 0 Å². The number of imidazole rings is 2. The number of halogens is 4. The molecule has 1 aliphatic heterocycles. The van der Waals surface area contributed by atoms with E-state index in [-0.39, 0.29) is 17.2 Å². The lowest BCUT2D eigenvalue weighted by Gasteiger charge is -2.33. The van der Waals surface area contributed by atoms with Crippen LogP contribution in [0.4, 0.5) is 23.4 Å². The summed E-state index contributed by atoms with van der Waals surface area (Å²) in [5.74, 6) is 0.253. The third kappa shape index (κ3) is 5.27. The van der Waals surface area contributed by atoms with Gasteiger partial charge in [-0.05, 0) is 52.1 Å². The maximum Gasteiger partial charge on any atom is 0.419 e. The highest BCUT2D eigenvalue weighted by Crippen LogP contribution is 2.36. The zero-order chi connectivity index (χ0) is 27.9. The van der Waals surface area contributed by atoms with Crippen molar-refractivity contribution in [2.75, 3.05) is 38.6 Å². The van der Waals surface area contributed by atoms with Crippen LogP contribution in [0.15, 0.2) is 35.5 Å². The molecule has 4 heterocycles. The summed E-state index contributed by atoms with van der Waals surface area (Å²) < 4.78 is 57.6. The van der Waals surface area contributed by atoms with Crippen LogP contribution in [0.5, 0.6) is 0 Å². The minimum absolute atomic E-state index is 0.0663. The van der Waals surface area contributed by atoms with E-state index in [4.69, 9.17) is 4.98 Å². The highest BCUT2D eigenvalue weighted by molar-refractivity contribution is 5.83. The van der Waals surface area contributed by atoms with Crippen molar-refractivity contribution in [2.45, 2.75) is 44.9 Å². The molecule has 0 spiro atoms. The molecule has 1 saturated heterocycles. The maximum absolute atomic E-state index is 13.9. The van der Waals surface area contributed by atoms with Gasteiger partial charge in [-0.1, -0.05) is 0 Å². The summed E-state index contributed by atoms with van der Waals surface area (Å²) in [4.78, 5) is 32.7. The van der Waals surface area contributed by atoms with E-state index in [2.05, 4.69) is 19.9 Å². The topological polar surface area (TPSA) is 87.9 Å². The first kappa shape index (κ1) is 26.9. The third-order valence-corrected chi connectivity index (χ3v) is 7.18. The predicted octanol–water partition coefficient (Wildman–Crippen LogP) is 4.11. The average Bonchev–Trinajstić information content (AvgIpc) is 3.47. The number of rotatable bonds is 7. The minimum Gasteiger partial charge on any atom is -0.355 e. The van der Waals surface area contributed by atoms with Gasteiger partial charge in [-0.15, -0.1) is 0 Å². The summed E-state index contributed by atoms with van der Waals surface area (Å²) in [6, 6.07) is 3.00. The molecule has 208 valence electrons. The second-order valence-corrected chi connectivity index (χ2v) is 10.0. The van der Waals surface area contributed by atoms with Gasteiger partial charge < -0.3 is 14.4 Å². The number of nitrogens with one attached hydrogen (secondary N) is 1. The summed E-state index contributed by atoms with van der Waals surface area (Å²) in [5, 5.41) is 0. The fraction of sp³-hybridized carbons (Fsp3) is 0.462. The van der Waals surface area contributed by atoms with Gasteiger partial charge in [0.15, 0.2) is 11.5 Å². The zero-order valence-electron chi connectivity index (χ0n) is 22.0. The molecule has 4 aromatic rings. The van der Waals surface area contributed by atoms with Crippen LogP contribution in [0.1, 0.15) is 37.1 Å². The van der Waals surface area contributed by atoms with Crippen molar-refractivity contribution in [1.29, 1.82) is 0 Å². The number of piperidine rings is 1. The Balaban J connectivity index is 1.43. The predicted molar refractivity (Wildman–Crippen MR) is 139 cm³/mol. The van der Waals surface area contributed by atoms with Crippen molar-refractivity contribution in [1.82, 2.24) is 34.0 Å². The summed E-state index contributed by atoms with van der Waals surface area (Å²) in [6.07, 6.45) is -0.119. The Morgan fingerprint density at radius 3 is 2.56 bits per heavy atom. The molecule has 0 bridgehead atoms. The molecule has 1 aromatic carbocycles. The SMILES string of the molecule is CCn1c(=O)[nH]c2ncnc(N3CCC(c4nc(-c5ccc(F)c(C(F)(F)F)c5)cn4CCN(C)C)CC3)c21. The fourth-order valence-corrected chi connectivity index (χ4v) is 5.15. The van der Waals surface area contributed by atoms with Crippen LogP contribution in [0, 0.1) is 5.82 Å². The molecular weight excluding hydrogens is 516 g/mol. The first-order valence-electron chi connectivity index (χ1n) is 12.8. The van der Waals surface area contributed by atoms with Crippen LogP contribution in [0.3, 0.4) is 0 Å². The van der Waals surface area contributed by atoms with Gasteiger partial charge in [0.05, 0.1) is 11.3 Å². The number of aryl methyl sites for hydroxylation is 1. The van der Waals surface area contributed by atoms with E-state index in [1.165, 1.54) is 12.4 Å². The Morgan fingerprint density at radius 1 is 1.15 bits per heavy atom. The van der Waals surface area contributed by atoms with Crippen LogP contribution in [-0.2, 0) is 19.3 Å². The van der Waals surface area contributed by atoms with E-state index in [0.717, 1.165) is 37.3 Å². The molecule has 0 amide bonds. The molecule has 3 aromatic heterocycles. The van der Waals surface area contributed by atoms with E-state index in [1.54, 1.807) is 10.8 Å². The average molecular weight is 547 g/mol. The molecular formula is C26H30F4N8O. The van der Waals surface area contributed by atoms with Gasteiger partial charge >= 0.3 is 11.9 Å². The molecule has 0 aliphatic carbocycles. The third-order valence-electron chi connectivity index (χ3n) is 7.18. The highest BCUT2D eigenvalue weighted by atomic mass is 19.4. The number of aromatic nitrogens is 6. The van der Waals surface area contributed by atoms with Crippen LogP contribution < -0.4 is 10.6 Å². The molecule has 1 aliphatic rings. The number of fused-ring (bicyclic) bond motifs is 1. The van der Waals surface area contributed by atoms with Crippen molar-refractivity contribution >= 4 is 17.0 Å². The number of hydrogen-bond acceptors (Lipinski definition) is 6. The van der Waals surface area contributed by atoms with Gasteiger partial charge in [-0.25, -0.2) is 24.1 Å². The number of likely N-dealkylation sites (N-methyl/N-ethyl adjacent to an activating group) is 1. The van der Waals surface area contributed by atoms with Crippen LogP contribution >= 0.6 is 0 Å². The first-order chi connectivity index (χ1) is 18.6. The Kier molecular flexibility index (Phi) is 7.19. The summed E-state index contributed by atoms with van der Waals surface area (Å²) in [5.41, 5.74) is 0.247. The van der Waals surface area contributed by atoms with E-state index >= 15 is 0 Å². The summed E-state index contributed by atoms with van der Waals surface area (Å²) >= 11 is 0. The molecule has 39 heavy (non-hydrogen) atoms. The second kappa shape index (κ2) is 10.4. The highest BCUT2D eigenvalue weighted by Gasteiger charge is 2.35. The lowest BCUT2D eigenvalue weighted by molar-refractivity contribution is -0.139.